The summed E-state index contributed by atoms with van der Waals surface area (Å²) in [6.07, 6.45) is 0.583. The van der Waals surface area contributed by atoms with Gasteiger partial charge in [-0.1, -0.05) is 33.8 Å². The van der Waals surface area contributed by atoms with E-state index in [4.69, 9.17) is 4.74 Å². The van der Waals surface area contributed by atoms with Gasteiger partial charge in [0.05, 0.1) is 12.2 Å². The molecule has 0 bridgehead atoms. The average molecular weight is 389 g/mol. The Morgan fingerprint density at radius 2 is 1.89 bits per heavy atom. The monoisotopic (exact) mass is 388 g/mol. The number of hydrogen-bond acceptors (Lipinski definition) is 4. The molecule has 0 aliphatic rings. The van der Waals surface area contributed by atoms with E-state index in [-0.39, 0.29) is 5.91 Å². The van der Waals surface area contributed by atoms with Gasteiger partial charge in [-0.3, -0.25) is 4.79 Å². The number of benzene rings is 1. The molecule has 0 unspecified atom stereocenters. The minimum atomic E-state index is 0.208. The highest BCUT2D eigenvalue weighted by Gasteiger charge is 2.18. The summed E-state index contributed by atoms with van der Waals surface area (Å²) in [5, 5.41) is 2.97. The van der Waals surface area contributed by atoms with Crippen LogP contribution in [0.4, 0.5) is 0 Å². The van der Waals surface area contributed by atoms with Gasteiger partial charge in [0.2, 0.25) is 5.91 Å². The van der Waals surface area contributed by atoms with E-state index in [9.17, 15) is 4.79 Å². The zero-order valence-corrected chi connectivity index (χ0v) is 18.2. The molecule has 0 N–H and O–H groups in total. The molecular weight excluding hydrogens is 356 g/mol. The summed E-state index contributed by atoms with van der Waals surface area (Å²) in [4.78, 5) is 19.2. The maximum atomic E-state index is 12.5. The number of rotatable bonds is 9. The number of nitrogens with zero attached hydrogens (tertiary/aromatic N) is 2. The molecule has 4 nitrogen and oxygen atoms in total. The molecule has 0 fully saturated rings. The van der Waals surface area contributed by atoms with Crippen molar-refractivity contribution >= 4 is 17.2 Å². The number of amides is 1. The number of aryl methyl sites for hydroxylation is 2. The Morgan fingerprint density at radius 1 is 1.15 bits per heavy atom. The van der Waals surface area contributed by atoms with Gasteiger partial charge in [-0.2, -0.15) is 0 Å². The number of carbonyl (C=O) groups excluding carboxylic acids is 1. The smallest absolute Gasteiger partial charge is 0.223 e. The number of ether oxygens (including phenoxy) is 1. The summed E-state index contributed by atoms with van der Waals surface area (Å²) < 4.78 is 5.88. The van der Waals surface area contributed by atoms with Crippen molar-refractivity contribution in [3.05, 3.63) is 45.4 Å². The molecule has 0 radical (unpaired) electrons. The standard InChI is InChI=1S/C22H32N2O2S/c1-15(2)9-22(25)24(11-16(3)4)12-19-14-27-21(23-19)13-26-20-8-7-17(5)18(6)10-20/h7-8,10,14-16H,9,11-13H2,1-6H3. The summed E-state index contributed by atoms with van der Waals surface area (Å²) >= 11 is 1.59. The van der Waals surface area contributed by atoms with Gasteiger partial charge in [0.25, 0.3) is 0 Å². The van der Waals surface area contributed by atoms with Crippen molar-refractivity contribution in [3.8, 4) is 5.75 Å². The highest BCUT2D eigenvalue weighted by atomic mass is 32.1. The molecule has 0 spiro atoms. The van der Waals surface area contributed by atoms with Crippen molar-refractivity contribution in [2.75, 3.05) is 6.54 Å². The Hall–Kier alpha value is -1.88. The van der Waals surface area contributed by atoms with Crippen LogP contribution in [0.15, 0.2) is 23.6 Å². The number of carbonyl (C=O) groups is 1. The molecule has 148 valence electrons. The zero-order chi connectivity index (χ0) is 20.0. The molecule has 1 aromatic carbocycles. The van der Waals surface area contributed by atoms with E-state index in [0.717, 1.165) is 23.0 Å². The van der Waals surface area contributed by atoms with Crippen molar-refractivity contribution in [1.82, 2.24) is 9.88 Å². The molecule has 0 aliphatic heterocycles. The molecule has 0 aliphatic carbocycles. The number of aromatic nitrogens is 1. The van der Waals surface area contributed by atoms with E-state index in [1.165, 1.54) is 11.1 Å². The van der Waals surface area contributed by atoms with Crippen LogP contribution in [0.5, 0.6) is 5.75 Å². The minimum absolute atomic E-state index is 0.208. The minimum Gasteiger partial charge on any atom is -0.486 e. The largest absolute Gasteiger partial charge is 0.486 e. The van der Waals surface area contributed by atoms with Crippen molar-refractivity contribution in [2.24, 2.45) is 11.8 Å². The second-order valence-corrected chi connectivity index (χ2v) is 8.98. The van der Waals surface area contributed by atoms with Crippen LogP contribution in [0.1, 0.15) is 55.9 Å². The highest BCUT2D eigenvalue weighted by molar-refractivity contribution is 7.09. The van der Waals surface area contributed by atoms with Crippen molar-refractivity contribution < 1.29 is 9.53 Å². The van der Waals surface area contributed by atoms with Gasteiger partial charge < -0.3 is 9.64 Å². The first-order valence-electron chi connectivity index (χ1n) is 9.65. The van der Waals surface area contributed by atoms with Crippen LogP contribution in [0.2, 0.25) is 0 Å². The first-order valence-corrected chi connectivity index (χ1v) is 10.5. The Labute approximate surface area is 167 Å². The van der Waals surface area contributed by atoms with Crippen molar-refractivity contribution in [3.63, 3.8) is 0 Å². The topological polar surface area (TPSA) is 42.4 Å². The molecule has 0 atom stereocenters. The molecule has 1 amide bonds. The second-order valence-electron chi connectivity index (χ2n) is 8.03. The second kappa shape index (κ2) is 9.88. The van der Waals surface area contributed by atoms with Gasteiger partial charge in [0.1, 0.15) is 17.4 Å². The quantitative estimate of drug-likeness (QED) is 0.580. The Kier molecular flexibility index (Phi) is 7.84. The van der Waals surface area contributed by atoms with Crippen molar-refractivity contribution in [1.29, 1.82) is 0 Å². The van der Waals surface area contributed by atoms with Gasteiger partial charge in [-0.05, 0) is 48.9 Å². The maximum absolute atomic E-state index is 12.5. The Morgan fingerprint density at radius 3 is 2.52 bits per heavy atom. The molecular formula is C22H32N2O2S. The molecule has 2 rings (SSSR count). The summed E-state index contributed by atoms with van der Waals surface area (Å²) in [6.45, 7) is 14.4. The molecule has 1 heterocycles. The van der Waals surface area contributed by atoms with Crippen LogP contribution in [-0.4, -0.2) is 22.3 Å². The van der Waals surface area contributed by atoms with E-state index < -0.39 is 0 Å². The predicted octanol–water partition coefficient (Wildman–Crippen LogP) is 5.37. The Bertz CT molecular complexity index is 753. The Balaban J connectivity index is 1.97. The molecule has 27 heavy (non-hydrogen) atoms. The third kappa shape index (κ3) is 6.98. The summed E-state index contributed by atoms with van der Waals surface area (Å²) in [5.74, 6) is 1.87. The average Bonchev–Trinajstić information content (AvgIpc) is 3.02. The number of hydrogen-bond donors (Lipinski definition) is 0. The molecule has 2 aromatic rings. The normalized spacial score (nSPS) is 11.3. The van der Waals surface area contributed by atoms with Crippen LogP contribution in [0, 0.1) is 25.7 Å². The van der Waals surface area contributed by atoms with Gasteiger partial charge in [-0.25, -0.2) is 4.98 Å². The molecule has 0 saturated heterocycles. The fourth-order valence-electron chi connectivity index (χ4n) is 2.81. The third-order valence-electron chi connectivity index (χ3n) is 4.31. The van der Waals surface area contributed by atoms with E-state index >= 15 is 0 Å². The maximum Gasteiger partial charge on any atom is 0.223 e. The lowest BCUT2D eigenvalue weighted by atomic mass is 10.1. The highest BCUT2D eigenvalue weighted by Crippen LogP contribution is 2.20. The molecule has 0 saturated carbocycles. The van der Waals surface area contributed by atoms with E-state index in [1.54, 1.807) is 11.3 Å². The summed E-state index contributed by atoms with van der Waals surface area (Å²) in [6, 6.07) is 6.12. The van der Waals surface area contributed by atoms with Crippen LogP contribution in [-0.2, 0) is 17.9 Å². The van der Waals surface area contributed by atoms with E-state index in [1.807, 2.05) is 16.3 Å². The lowest BCUT2D eigenvalue weighted by molar-refractivity contribution is -0.133. The van der Waals surface area contributed by atoms with Crippen LogP contribution >= 0.6 is 11.3 Å². The van der Waals surface area contributed by atoms with Crippen LogP contribution in [0.25, 0.3) is 0 Å². The first-order chi connectivity index (χ1) is 12.7. The molecule has 5 heteroatoms. The molecule has 1 aromatic heterocycles. The van der Waals surface area contributed by atoms with Crippen molar-refractivity contribution in [2.45, 2.75) is 61.1 Å². The first kappa shape index (κ1) is 21.4. The summed E-state index contributed by atoms with van der Waals surface area (Å²) in [5.41, 5.74) is 3.42. The predicted molar refractivity (Wildman–Crippen MR) is 112 cm³/mol. The third-order valence-corrected chi connectivity index (χ3v) is 5.19. The van der Waals surface area contributed by atoms with Gasteiger partial charge in [0, 0.05) is 18.3 Å². The fourth-order valence-corrected chi connectivity index (χ4v) is 3.50. The number of thiazole rings is 1. The SMILES string of the molecule is Cc1ccc(OCc2nc(CN(CC(C)C)C(=O)CC(C)C)cs2)cc1C. The zero-order valence-electron chi connectivity index (χ0n) is 17.4. The van der Waals surface area contributed by atoms with E-state index in [0.29, 0.717) is 31.4 Å². The summed E-state index contributed by atoms with van der Waals surface area (Å²) in [7, 11) is 0. The lowest BCUT2D eigenvalue weighted by Gasteiger charge is -2.24. The van der Waals surface area contributed by atoms with Crippen LogP contribution in [0.3, 0.4) is 0 Å². The van der Waals surface area contributed by atoms with Crippen LogP contribution < -0.4 is 4.74 Å². The fraction of sp³-hybridized carbons (Fsp3) is 0.545. The lowest BCUT2D eigenvalue weighted by Crippen LogP contribution is -2.34. The van der Waals surface area contributed by atoms with Gasteiger partial charge in [-0.15, -0.1) is 11.3 Å². The van der Waals surface area contributed by atoms with Gasteiger partial charge >= 0.3 is 0 Å². The van der Waals surface area contributed by atoms with E-state index in [2.05, 4.69) is 58.7 Å². The van der Waals surface area contributed by atoms with Gasteiger partial charge in [0.15, 0.2) is 0 Å².